The van der Waals surface area contributed by atoms with Gasteiger partial charge in [-0.05, 0) is 27.0 Å². The first-order valence-electron chi connectivity index (χ1n) is 4.14. The molecule has 0 bridgehead atoms. The Morgan fingerprint density at radius 3 is 1.25 bits per heavy atom. The highest BCUT2D eigenvalue weighted by atomic mass is 32.1. The normalized spacial score (nSPS) is 9.50. The van der Waals surface area contributed by atoms with Crippen molar-refractivity contribution in [2.75, 3.05) is 26.1 Å². The smallest absolute Gasteiger partial charge is 0.376 e. The number of hydrogen-bond acceptors (Lipinski definition) is 4. The van der Waals surface area contributed by atoms with Crippen molar-refractivity contribution in [1.82, 2.24) is 0 Å². The summed E-state index contributed by atoms with van der Waals surface area (Å²) in [6.07, 6.45) is 1.69. The monoisotopic (exact) mass is 212 g/mol. The van der Waals surface area contributed by atoms with Crippen molar-refractivity contribution < 1.29 is 13.3 Å². The Hall–Kier alpha value is 0.447. The van der Waals surface area contributed by atoms with Crippen LogP contribution in [0.25, 0.3) is 0 Å². The Bertz CT molecular complexity index is 61.4. The molecule has 0 spiro atoms. The van der Waals surface area contributed by atoms with Gasteiger partial charge in [0.2, 0.25) is 0 Å². The van der Waals surface area contributed by atoms with E-state index < -0.39 is 9.53 Å². The summed E-state index contributed by atoms with van der Waals surface area (Å²) >= 11 is 3.53. The molecule has 12 heavy (non-hydrogen) atoms. The van der Waals surface area contributed by atoms with Gasteiger partial charge in [0.15, 0.2) is 0 Å². The largest absolute Gasteiger partial charge is 0.484 e. The first kappa shape index (κ1) is 14.9. The lowest BCUT2D eigenvalue weighted by Crippen LogP contribution is -2.27. The fraction of sp³-hybridized carbons (Fsp3) is 1.00. The zero-order valence-electron chi connectivity index (χ0n) is 8.37. The third-order valence-corrected chi connectivity index (χ3v) is 2.72. The minimum absolute atomic E-state index is 0.677. The average Bonchev–Trinajstić information content (AvgIpc) is 2.10. The highest BCUT2D eigenvalue weighted by Crippen LogP contribution is 1.90. The number of rotatable bonds is 6. The van der Waals surface area contributed by atoms with Crippen LogP contribution in [0.4, 0.5) is 0 Å². The first-order valence-corrected chi connectivity index (χ1v) is 6.45. The van der Waals surface area contributed by atoms with Crippen molar-refractivity contribution in [3.8, 4) is 0 Å². The summed E-state index contributed by atoms with van der Waals surface area (Å²) in [7, 11) is -1.73. The summed E-state index contributed by atoms with van der Waals surface area (Å²) in [5.74, 6) is 0. The van der Waals surface area contributed by atoms with Gasteiger partial charge in [-0.3, -0.25) is 0 Å². The highest BCUT2D eigenvalue weighted by molar-refractivity contribution is 7.79. The summed E-state index contributed by atoms with van der Waals surface area (Å²) in [6.45, 7) is 7.86. The van der Waals surface area contributed by atoms with Gasteiger partial charge in [0.25, 0.3) is 0 Å². The summed E-state index contributed by atoms with van der Waals surface area (Å²) < 4.78 is 15.7. The molecule has 0 aromatic heterocycles. The van der Waals surface area contributed by atoms with Gasteiger partial charge in [-0.1, -0.05) is 0 Å². The minimum Gasteiger partial charge on any atom is -0.376 e. The van der Waals surface area contributed by atoms with Crippen molar-refractivity contribution in [2.24, 2.45) is 0 Å². The molecule has 0 atom stereocenters. The SMILES string of the molecule is CCO[SiH](OCC)OCC.CS. The van der Waals surface area contributed by atoms with E-state index in [4.69, 9.17) is 13.3 Å². The Morgan fingerprint density at radius 2 is 1.08 bits per heavy atom. The van der Waals surface area contributed by atoms with Crippen molar-refractivity contribution in [2.45, 2.75) is 20.8 Å². The topological polar surface area (TPSA) is 27.7 Å². The van der Waals surface area contributed by atoms with E-state index in [0.717, 1.165) is 0 Å². The van der Waals surface area contributed by atoms with Gasteiger partial charge in [0.05, 0.1) is 0 Å². The zero-order chi connectivity index (χ0) is 9.82. The van der Waals surface area contributed by atoms with Crippen LogP contribution in [0.15, 0.2) is 0 Å². The van der Waals surface area contributed by atoms with Crippen LogP contribution >= 0.6 is 12.6 Å². The van der Waals surface area contributed by atoms with Crippen LogP contribution in [0.5, 0.6) is 0 Å². The molecule has 0 radical (unpaired) electrons. The van der Waals surface area contributed by atoms with Gasteiger partial charge < -0.3 is 13.3 Å². The highest BCUT2D eigenvalue weighted by Gasteiger charge is 2.11. The van der Waals surface area contributed by atoms with Gasteiger partial charge in [-0.25, -0.2) is 0 Å². The Morgan fingerprint density at radius 1 is 0.833 bits per heavy atom. The molecule has 0 aromatic rings. The van der Waals surface area contributed by atoms with Crippen LogP contribution in [0.3, 0.4) is 0 Å². The third kappa shape index (κ3) is 10.4. The number of hydrogen-bond donors (Lipinski definition) is 1. The third-order valence-electron chi connectivity index (χ3n) is 0.908. The molecule has 76 valence electrons. The van der Waals surface area contributed by atoms with Crippen LogP contribution in [-0.2, 0) is 13.3 Å². The minimum atomic E-state index is -1.73. The summed E-state index contributed by atoms with van der Waals surface area (Å²) in [5, 5.41) is 0. The van der Waals surface area contributed by atoms with Gasteiger partial charge in [-0.15, -0.1) is 0 Å². The second kappa shape index (κ2) is 14.0. The molecular weight excluding hydrogens is 192 g/mol. The Labute approximate surface area is 82.8 Å². The lowest BCUT2D eigenvalue weighted by atomic mass is 10.9. The van der Waals surface area contributed by atoms with E-state index in [0.29, 0.717) is 19.8 Å². The average molecular weight is 212 g/mol. The van der Waals surface area contributed by atoms with Gasteiger partial charge in [0.1, 0.15) is 0 Å². The molecule has 5 heteroatoms. The van der Waals surface area contributed by atoms with Crippen molar-refractivity contribution in [3.63, 3.8) is 0 Å². The summed E-state index contributed by atoms with van der Waals surface area (Å²) in [5.41, 5.74) is 0. The molecule has 0 aromatic carbocycles. The zero-order valence-corrected chi connectivity index (χ0v) is 10.4. The van der Waals surface area contributed by atoms with E-state index in [1.165, 1.54) is 0 Å². The van der Waals surface area contributed by atoms with Crippen LogP contribution in [-0.4, -0.2) is 35.6 Å². The van der Waals surface area contributed by atoms with Crippen molar-refractivity contribution >= 4 is 22.2 Å². The van der Waals surface area contributed by atoms with Crippen LogP contribution in [0.2, 0.25) is 0 Å². The lowest BCUT2D eigenvalue weighted by molar-refractivity contribution is 0.107. The predicted molar refractivity (Wildman–Crippen MR) is 56.9 cm³/mol. The number of thiol groups is 1. The maximum absolute atomic E-state index is 5.22. The molecule has 0 unspecified atom stereocenters. The molecule has 0 N–H and O–H groups in total. The van der Waals surface area contributed by atoms with Crippen molar-refractivity contribution in [1.29, 1.82) is 0 Å². The summed E-state index contributed by atoms with van der Waals surface area (Å²) in [4.78, 5) is 0. The molecule has 0 fully saturated rings. The summed E-state index contributed by atoms with van der Waals surface area (Å²) in [6, 6.07) is 0. The van der Waals surface area contributed by atoms with E-state index in [1.54, 1.807) is 6.26 Å². The maximum atomic E-state index is 5.22. The second-order valence-corrected chi connectivity index (χ2v) is 3.23. The van der Waals surface area contributed by atoms with Gasteiger partial charge in [-0.2, -0.15) is 12.6 Å². The van der Waals surface area contributed by atoms with E-state index in [-0.39, 0.29) is 0 Å². The molecule has 0 rings (SSSR count). The fourth-order valence-electron chi connectivity index (χ4n) is 0.553. The fourth-order valence-corrected chi connectivity index (χ4v) is 1.66. The molecule has 0 heterocycles. The molecule has 3 nitrogen and oxygen atoms in total. The maximum Gasteiger partial charge on any atom is 0.484 e. The molecule has 0 aliphatic rings. The predicted octanol–water partition coefficient (Wildman–Crippen LogP) is 1.36. The van der Waals surface area contributed by atoms with Gasteiger partial charge in [0, 0.05) is 19.8 Å². The molecule has 0 saturated carbocycles. The molecule has 0 aliphatic heterocycles. The van der Waals surface area contributed by atoms with E-state index >= 15 is 0 Å². The molecule has 0 saturated heterocycles. The Balaban J connectivity index is 0. The van der Waals surface area contributed by atoms with E-state index in [2.05, 4.69) is 12.6 Å². The van der Waals surface area contributed by atoms with Gasteiger partial charge >= 0.3 is 9.53 Å². The quantitative estimate of drug-likeness (QED) is 0.532. The lowest BCUT2D eigenvalue weighted by Gasteiger charge is -2.12. The van der Waals surface area contributed by atoms with Crippen LogP contribution < -0.4 is 0 Å². The van der Waals surface area contributed by atoms with Crippen LogP contribution in [0.1, 0.15) is 20.8 Å². The first-order chi connectivity index (χ1) is 5.85. The molecule has 0 aliphatic carbocycles. The standard InChI is InChI=1S/C6H16O3Si.CH4S/c1-4-7-10(8-5-2)9-6-3;1-2/h10H,4-6H2,1-3H3;2H,1H3. The Kier molecular flexibility index (Phi) is 17.4. The van der Waals surface area contributed by atoms with E-state index in [1.807, 2.05) is 20.8 Å². The second-order valence-electron chi connectivity index (χ2n) is 1.65. The van der Waals surface area contributed by atoms with Crippen molar-refractivity contribution in [3.05, 3.63) is 0 Å². The molecular formula is C7H20O3SSi. The van der Waals surface area contributed by atoms with E-state index in [9.17, 15) is 0 Å². The van der Waals surface area contributed by atoms with Crippen LogP contribution in [0, 0.1) is 0 Å². The molecule has 0 amide bonds.